The highest BCUT2D eigenvalue weighted by molar-refractivity contribution is 6.31. The van der Waals surface area contributed by atoms with E-state index in [0.717, 1.165) is 29.1 Å². The topological polar surface area (TPSA) is 23.5 Å². The zero-order valence-corrected chi connectivity index (χ0v) is 11.5. The molecule has 0 bridgehead atoms. The lowest BCUT2D eigenvalue weighted by molar-refractivity contribution is 0.126. The maximum atomic E-state index is 9.82. The van der Waals surface area contributed by atoms with Crippen LogP contribution in [0.4, 0.5) is 5.69 Å². The number of anilines is 1. The number of aliphatic hydroxyl groups excluding tert-OH is 1. The number of piperidine rings is 1. The summed E-state index contributed by atoms with van der Waals surface area (Å²) in [7, 11) is 0. The van der Waals surface area contributed by atoms with Crippen LogP contribution in [-0.4, -0.2) is 23.3 Å². The van der Waals surface area contributed by atoms with Gasteiger partial charge in [-0.1, -0.05) is 17.7 Å². The molecule has 17 heavy (non-hydrogen) atoms. The first-order valence-corrected chi connectivity index (χ1v) is 6.50. The Kier molecular flexibility index (Phi) is 3.37. The number of aliphatic hydroxyl groups is 1. The number of hydrogen-bond acceptors (Lipinski definition) is 2. The highest BCUT2D eigenvalue weighted by atomic mass is 35.5. The monoisotopic (exact) mass is 253 g/mol. The summed E-state index contributed by atoms with van der Waals surface area (Å²) >= 11 is 6.17. The van der Waals surface area contributed by atoms with Crippen LogP contribution in [0.5, 0.6) is 0 Å². The number of halogens is 1. The van der Waals surface area contributed by atoms with Crippen molar-refractivity contribution in [3.8, 4) is 0 Å². The summed E-state index contributed by atoms with van der Waals surface area (Å²) in [6.45, 7) is 7.12. The van der Waals surface area contributed by atoms with Crippen molar-refractivity contribution in [1.29, 1.82) is 0 Å². The minimum Gasteiger partial charge on any atom is -0.391 e. The van der Waals surface area contributed by atoms with Crippen LogP contribution in [0.1, 0.15) is 32.3 Å². The highest BCUT2D eigenvalue weighted by Crippen LogP contribution is 2.34. The number of benzene rings is 1. The molecule has 1 aliphatic rings. The summed E-state index contributed by atoms with van der Waals surface area (Å²) in [4.78, 5) is 2.26. The van der Waals surface area contributed by atoms with E-state index in [-0.39, 0.29) is 11.6 Å². The van der Waals surface area contributed by atoms with Crippen molar-refractivity contribution < 1.29 is 5.11 Å². The summed E-state index contributed by atoms with van der Waals surface area (Å²) < 4.78 is 0. The van der Waals surface area contributed by atoms with E-state index < -0.39 is 0 Å². The number of rotatable bonds is 1. The highest BCUT2D eigenvalue weighted by Gasteiger charge is 2.33. The van der Waals surface area contributed by atoms with Crippen LogP contribution in [0.3, 0.4) is 0 Å². The van der Waals surface area contributed by atoms with Crippen molar-refractivity contribution in [3.05, 3.63) is 28.8 Å². The normalized spacial score (nSPS) is 23.8. The maximum absolute atomic E-state index is 9.82. The minimum atomic E-state index is -0.233. The summed E-state index contributed by atoms with van der Waals surface area (Å²) in [5, 5.41) is 10.6. The van der Waals surface area contributed by atoms with E-state index in [1.807, 2.05) is 19.1 Å². The SMILES string of the molecule is Cc1ccc(N2CC(O)CCC2(C)C)cc1Cl. The lowest BCUT2D eigenvalue weighted by atomic mass is 9.88. The van der Waals surface area contributed by atoms with Crippen molar-refractivity contribution in [3.63, 3.8) is 0 Å². The van der Waals surface area contributed by atoms with Gasteiger partial charge in [-0.15, -0.1) is 0 Å². The molecular weight excluding hydrogens is 234 g/mol. The molecule has 1 saturated heterocycles. The van der Waals surface area contributed by atoms with Gasteiger partial charge in [-0.05, 0) is 51.3 Å². The Morgan fingerprint density at radius 3 is 2.76 bits per heavy atom. The van der Waals surface area contributed by atoms with E-state index in [1.165, 1.54) is 0 Å². The molecule has 1 aliphatic heterocycles. The van der Waals surface area contributed by atoms with Crippen LogP contribution < -0.4 is 4.90 Å². The molecule has 2 nitrogen and oxygen atoms in total. The minimum absolute atomic E-state index is 0.0812. The van der Waals surface area contributed by atoms with E-state index >= 15 is 0 Å². The predicted molar refractivity (Wildman–Crippen MR) is 72.9 cm³/mol. The van der Waals surface area contributed by atoms with Crippen LogP contribution in [-0.2, 0) is 0 Å². The largest absolute Gasteiger partial charge is 0.391 e. The molecule has 1 N–H and O–H groups in total. The second-order valence-corrected chi connectivity index (χ2v) is 5.96. The van der Waals surface area contributed by atoms with E-state index in [0.29, 0.717) is 6.54 Å². The Balaban J connectivity index is 2.33. The van der Waals surface area contributed by atoms with Gasteiger partial charge < -0.3 is 10.0 Å². The molecule has 1 heterocycles. The third-order valence-corrected chi connectivity index (χ3v) is 4.09. The van der Waals surface area contributed by atoms with Gasteiger partial charge in [0.05, 0.1) is 6.10 Å². The van der Waals surface area contributed by atoms with Crippen molar-refractivity contribution in [2.75, 3.05) is 11.4 Å². The molecule has 0 radical (unpaired) electrons. The number of β-amino-alcohol motifs (C(OH)–C–C–N with tert-alkyl or cyclic N) is 1. The van der Waals surface area contributed by atoms with Gasteiger partial charge in [0, 0.05) is 22.8 Å². The van der Waals surface area contributed by atoms with Crippen LogP contribution in [0.15, 0.2) is 18.2 Å². The summed E-state index contributed by atoms with van der Waals surface area (Å²) in [6.07, 6.45) is 1.64. The lowest BCUT2D eigenvalue weighted by Crippen LogP contribution is -2.52. The van der Waals surface area contributed by atoms with Gasteiger partial charge in [-0.25, -0.2) is 0 Å². The van der Waals surface area contributed by atoms with E-state index in [9.17, 15) is 5.11 Å². The zero-order valence-electron chi connectivity index (χ0n) is 10.7. The Morgan fingerprint density at radius 2 is 2.12 bits per heavy atom. The summed E-state index contributed by atoms with van der Waals surface area (Å²) in [5.41, 5.74) is 2.27. The molecule has 1 atom stereocenters. The average molecular weight is 254 g/mol. The van der Waals surface area contributed by atoms with Gasteiger partial charge in [0.2, 0.25) is 0 Å². The van der Waals surface area contributed by atoms with Crippen LogP contribution in [0.2, 0.25) is 5.02 Å². The molecule has 0 spiro atoms. The van der Waals surface area contributed by atoms with Gasteiger partial charge >= 0.3 is 0 Å². The molecule has 2 rings (SSSR count). The second kappa shape index (κ2) is 4.51. The smallest absolute Gasteiger partial charge is 0.0716 e. The Hall–Kier alpha value is -0.730. The van der Waals surface area contributed by atoms with E-state index in [1.54, 1.807) is 0 Å². The molecule has 1 fully saturated rings. The van der Waals surface area contributed by atoms with Crippen LogP contribution >= 0.6 is 11.6 Å². The molecule has 0 saturated carbocycles. The molecule has 0 aliphatic carbocycles. The quantitative estimate of drug-likeness (QED) is 0.829. The van der Waals surface area contributed by atoms with Crippen LogP contribution in [0.25, 0.3) is 0 Å². The summed E-state index contributed by atoms with van der Waals surface area (Å²) in [5.74, 6) is 0. The molecule has 94 valence electrons. The van der Waals surface area contributed by atoms with Gasteiger partial charge in [-0.3, -0.25) is 0 Å². The van der Waals surface area contributed by atoms with Crippen molar-refractivity contribution in [1.82, 2.24) is 0 Å². The van der Waals surface area contributed by atoms with Crippen LogP contribution in [0, 0.1) is 6.92 Å². The first-order valence-electron chi connectivity index (χ1n) is 6.12. The third-order valence-electron chi connectivity index (χ3n) is 3.68. The third kappa shape index (κ3) is 2.58. The molecule has 1 unspecified atom stereocenters. The molecule has 1 aromatic rings. The predicted octanol–water partition coefficient (Wildman–Crippen LogP) is 3.39. The molecular formula is C14H20ClNO. The second-order valence-electron chi connectivity index (χ2n) is 5.55. The number of nitrogens with zero attached hydrogens (tertiary/aromatic N) is 1. The number of aryl methyl sites for hydroxylation is 1. The van der Waals surface area contributed by atoms with Crippen molar-refractivity contribution in [2.24, 2.45) is 0 Å². The van der Waals surface area contributed by atoms with Gasteiger partial charge in [0.15, 0.2) is 0 Å². The summed E-state index contributed by atoms with van der Waals surface area (Å²) in [6, 6.07) is 6.12. The standard InChI is InChI=1S/C14H20ClNO/c1-10-4-5-11(8-13(10)15)16-9-12(17)6-7-14(16,2)3/h4-5,8,12,17H,6-7,9H2,1-3H3. The van der Waals surface area contributed by atoms with E-state index in [4.69, 9.17) is 11.6 Å². The Morgan fingerprint density at radius 1 is 1.41 bits per heavy atom. The fourth-order valence-electron chi connectivity index (χ4n) is 2.41. The molecule has 0 amide bonds. The fraction of sp³-hybridized carbons (Fsp3) is 0.571. The van der Waals surface area contributed by atoms with Gasteiger partial charge in [0.1, 0.15) is 0 Å². The molecule has 0 aromatic heterocycles. The average Bonchev–Trinajstić information content (AvgIpc) is 2.26. The Labute approximate surface area is 108 Å². The first-order chi connectivity index (χ1) is 7.90. The van der Waals surface area contributed by atoms with E-state index in [2.05, 4.69) is 24.8 Å². The lowest BCUT2D eigenvalue weighted by Gasteiger charge is -2.46. The van der Waals surface area contributed by atoms with Crippen molar-refractivity contribution >= 4 is 17.3 Å². The molecule has 1 aromatic carbocycles. The molecule has 3 heteroatoms. The zero-order chi connectivity index (χ0) is 12.6. The number of hydrogen-bond donors (Lipinski definition) is 1. The van der Waals surface area contributed by atoms with Gasteiger partial charge in [0.25, 0.3) is 0 Å². The first kappa shape index (κ1) is 12.7. The fourth-order valence-corrected chi connectivity index (χ4v) is 2.58. The van der Waals surface area contributed by atoms with Crippen molar-refractivity contribution in [2.45, 2.75) is 45.3 Å². The maximum Gasteiger partial charge on any atom is 0.0716 e. The Bertz CT molecular complexity index is 417. The van der Waals surface area contributed by atoms with Gasteiger partial charge in [-0.2, -0.15) is 0 Å².